The number of likely N-dealkylation sites (N-methyl/N-ethyl adjacent to an activating group) is 1. The van der Waals surface area contributed by atoms with Crippen LogP contribution in [0.1, 0.15) is 33.6 Å². The van der Waals surface area contributed by atoms with Gasteiger partial charge < -0.3 is 10.2 Å². The van der Waals surface area contributed by atoms with E-state index in [1.54, 1.807) is 6.07 Å². The van der Waals surface area contributed by atoms with E-state index in [0.29, 0.717) is 11.7 Å². The van der Waals surface area contributed by atoms with Gasteiger partial charge in [0.25, 0.3) is 0 Å². The molecule has 0 fully saturated rings. The number of hydrogen-bond acceptors (Lipinski definition) is 2. The van der Waals surface area contributed by atoms with Gasteiger partial charge in [0.2, 0.25) is 0 Å². The van der Waals surface area contributed by atoms with Crippen LogP contribution in [0.2, 0.25) is 0 Å². The first-order chi connectivity index (χ1) is 8.74. The molecule has 3 heteroatoms. The molecule has 0 saturated heterocycles. The molecule has 2 nitrogen and oxygen atoms in total. The van der Waals surface area contributed by atoms with Gasteiger partial charge >= 0.3 is 0 Å². The summed E-state index contributed by atoms with van der Waals surface area (Å²) in [7, 11) is 0. The smallest absolute Gasteiger partial charge is 0.146 e. The van der Waals surface area contributed by atoms with E-state index in [2.05, 4.69) is 31.0 Å². The maximum absolute atomic E-state index is 13.8. The Kier molecular flexibility index (Phi) is 6.73. The Bertz CT molecular complexity index is 341. The third kappa shape index (κ3) is 3.98. The fourth-order valence-electron chi connectivity index (χ4n) is 2.23. The summed E-state index contributed by atoms with van der Waals surface area (Å²) in [6, 6.07) is 7.38. The molecule has 102 valence electrons. The molecule has 18 heavy (non-hydrogen) atoms. The van der Waals surface area contributed by atoms with Crippen LogP contribution in [0.4, 0.5) is 10.1 Å². The fraction of sp³-hybridized carbons (Fsp3) is 0.600. The zero-order chi connectivity index (χ0) is 13.4. The molecule has 0 aliphatic heterocycles. The molecule has 1 atom stereocenters. The van der Waals surface area contributed by atoms with Gasteiger partial charge in [0.05, 0.1) is 5.69 Å². The first kappa shape index (κ1) is 15.0. The van der Waals surface area contributed by atoms with E-state index in [1.165, 1.54) is 6.07 Å². The lowest BCUT2D eigenvalue weighted by Crippen LogP contribution is -2.42. The minimum Gasteiger partial charge on any atom is -0.365 e. The summed E-state index contributed by atoms with van der Waals surface area (Å²) in [6.45, 7) is 9.14. The van der Waals surface area contributed by atoms with Crippen LogP contribution in [-0.2, 0) is 0 Å². The number of anilines is 1. The van der Waals surface area contributed by atoms with Crippen molar-refractivity contribution in [3.05, 3.63) is 30.1 Å². The van der Waals surface area contributed by atoms with Gasteiger partial charge in [-0.3, -0.25) is 0 Å². The van der Waals surface area contributed by atoms with Gasteiger partial charge in [-0.15, -0.1) is 0 Å². The number of rotatable bonds is 8. The SMILES string of the molecule is CCCNCC(CC)N(CC)c1ccccc1F. The molecule has 1 N–H and O–H groups in total. The lowest BCUT2D eigenvalue weighted by Gasteiger charge is -2.32. The number of benzene rings is 1. The molecular weight excluding hydrogens is 227 g/mol. The molecule has 0 bridgehead atoms. The molecule has 0 aromatic heterocycles. The molecule has 0 heterocycles. The highest BCUT2D eigenvalue weighted by Gasteiger charge is 2.17. The van der Waals surface area contributed by atoms with Crippen molar-refractivity contribution in [2.24, 2.45) is 0 Å². The number of nitrogens with one attached hydrogen (secondary N) is 1. The van der Waals surface area contributed by atoms with E-state index >= 15 is 0 Å². The number of nitrogens with zero attached hydrogens (tertiary/aromatic N) is 1. The molecular formula is C15H25FN2. The van der Waals surface area contributed by atoms with Crippen LogP contribution in [0.25, 0.3) is 0 Å². The summed E-state index contributed by atoms with van der Waals surface area (Å²) >= 11 is 0. The monoisotopic (exact) mass is 252 g/mol. The second kappa shape index (κ2) is 8.09. The Morgan fingerprint density at radius 1 is 1.22 bits per heavy atom. The molecule has 1 aromatic rings. The van der Waals surface area contributed by atoms with Crippen molar-refractivity contribution < 1.29 is 4.39 Å². The van der Waals surface area contributed by atoms with Gasteiger partial charge in [-0.1, -0.05) is 26.0 Å². The van der Waals surface area contributed by atoms with E-state index < -0.39 is 0 Å². The van der Waals surface area contributed by atoms with Crippen LogP contribution in [0.5, 0.6) is 0 Å². The molecule has 1 aromatic carbocycles. The summed E-state index contributed by atoms with van der Waals surface area (Å²) in [4.78, 5) is 2.15. The van der Waals surface area contributed by atoms with Crippen LogP contribution in [0.3, 0.4) is 0 Å². The summed E-state index contributed by atoms with van der Waals surface area (Å²) in [5, 5.41) is 3.43. The minimum absolute atomic E-state index is 0.131. The standard InChI is InChI=1S/C15H25FN2/c1-4-11-17-12-13(5-2)18(6-3)15-10-8-7-9-14(15)16/h7-10,13,17H,4-6,11-12H2,1-3H3. The van der Waals surface area contributed by atoms with Crippen LogP contribution >= 0.6 is 0 Å². The first-order valence-corrected chi connectivity index (χ1v) is 6.96. The Balaban J connectivity index is 2.76. The van der Waals surface area contributed by atoms with Crippen molar-refractivity contribution >= 4 is 5.69 Å². The highest BCUT2D eigenvalue weighted by molar-refractivity contribution is 5.48. The van der Waals surface area contributed by atoms with Crippen molar-refractivity contribution in [3.63, 3.8) is 0 Å². The van der Waals surface area contributed by atoms with E-state index in [0.717, 1.165) is 32.5 Å². The maximum atomic E-state index is 13.8. The zero-order valence-corrected chi connectivity index (χ0v) is 11.7. The normalized spacial score (nSPS) is 12.4. The first-order valence-electron chi connectivity index (χ1n) is 6.96. The summed E-state index contributed by atoms with van der Waals surface area (Å²) in [6.07, 6.45) is 2.14. The third-order valence-corrected chi connectivity index (χ3v) is 3.22. The van der Waals surface area contributed by atoms with E-state index in [1.807, 2.05) is 12.1 Å². The Morgan fingerprint density at radius 2 is 1.94 bits per heavy atom. The topological polar surface area (TPSA) is 15.3 Å². The van der Waals surface area contributed by atoms with E-state index in [-0.39, 0.29) is 5.82 Å². The average molecular weight is 252 g/mol. The van der Waals surface area contributed by atoms with Gasteiger partial charge in [0.1, 0.15) is 5.82 Å². The van der Waals surface area contributed by atoms with Gasteiger partial charge in [-0.25, -0.2) is 4.39 Å². The van der Waals surface area contributed by atoms with Gasteiger partial charge in [0.15, 0.2) is 0 Å². The highest BCUT2D eigenvalue weighted by atomic mass is 19.1. The Labute approximate surface area is 110 Å². The van der Waals surface area contributed by atoms with Crippen molar-refractivity contribution in [1.29, 1.82) is 0 Å². The summed E-state index contributed by atoms with van der Waals surface area (Å²) < 4.78 is 13.8. The van der Waals surface area contributed by atoms with Crippen molar-refractivity contribution in [2.45, 2.75) is 39.7 Å². The highest BCUT2D eigenvalue weighted by Crippen LogP contribution is 2.21. The van der Waals surface area contributed by atoms with Crippen LogP contribution in [-0.4, -0.2) is 25.7 Å². The van der Waals surface area contributed by atoms with Crippen LogP contribution < -0.4 is 10.2 Å². The predicted molar refractivity (Wildman–Crippen MR) is 76.7 cm³/mol. The zero-order valence-electron chi connectivity index (χ0n) is 11.7. The van der Waals surface area contributed by atoms with Crippen molar-refractivity contribution in [2.75, 3.05) is 24.5 Å². The van der Waals surface area contributed by atoms with Gasteiger partial charge in [0, 0.05) is 19.1 Å². The minimum atomic E-state index is -0.131. The molecule has 1 unspecified atom stereocenters. The van der Waals surface area contributed by atoms with E-state index in [9.17, 15) is 4.39 Å². The van der Waals surface area contributed by atoms with E-state index in [4.69, 9.17) is 0 Å². The quantitative estimate of drug-likeness (QED) is 0.713. The maximum Gasteiger partial charge on any atom is 0.146 e. The van der Waals surface area contributed by atoms with Gasteiger partial charge in [-0.2, -0.15) is 0 Å². The molecule has 0 spiro atoms. The average Bonchev–Trinajstić information content (AvgIpc) is 2.39. The molecule has 1 rings (SSSR count). The van der Waals surface area contributed by atoms with Crippen molar-refractivity contribution in [1.82, 2.24) is 5.32 Å². The van der Waals surface area contributed by atoms with Crippen LogP contribution in [0, 0.1) is 5.82 Å². The van der Waals surface area contributed by atoms with Gasteiger partial charge in [-0.05, 0) is 38.4 Å². The van der Waals surface area contributed by atoms with Crippen molar-refractivity contribution in [3.8, 4) is 0 Å². The molecule has 0 aliphatic carbocycles. The molecule has 0 amide bonds. The Hall–Kier alpha value is -1.09. The largest absolute Gasteiger partial charge is 0.365 e. The lowest BCUT2D eigenvalue weighted by molar-refractivity contribution is 0.513. The molecule has 0 saturated carbocycles. The fourth-order valence-corrected chi connectivity index (χ4v) is 2.23. The number of hydrogen-bond donors (Lipinski definition) is 1. The summed E-state index contributed by atoms with van der Waals surface area (Å²) in [5.41, 5.74) is 0.713. The number of para-hydroxylation sites is 1. The van der Waals surface area contributed by atoms with Crippen LogP contribution in [0.15, 0.2) is 24.3 Å². The lowest BCUT2D eigenvalue weighted by atomic mass is 10.1. The molecule has 0 radical (unpaired) electrons. The Morgan fingerprint density at radius 3 is 2.50 bits per heavy atom. The summed E-state index contributed by atoms with van der Waals surface area (Å²) in [5.74, 6) is -0.131. The second-order valence-corrected chi connectivity index (χ2v) is 4.50. The second-order valence-electron chi connectivity index (χ2n) is 4.50. The predicted octanol–water partition coefficient (Wildman–Crippen LogP) is 3.43. The number of halogens is 1. The molecule has 0 aliphatic rings. The third-order valence-electron chi connectivity index (χ3n) is 3.22.